The Bertz CT molecular complexity index is 1060. The van der Waals surface area contributed by atoms with Gasteiger partial charge in [-0.25, -0.2) is 4.79 Å². The predicted molar refractivity (Wildman–Crippen MR) is 118 cm³/mol. The van der Waals surface area contributed by atoms with Crippen molar-refractivity contribution in [2.45, 2.75) is 26.6 Å². The Hall–Kier alpha value is -3.80. The lowest BCUT2D eigenvalue weighted by Gasteiger charge is -2.15. The van der Waals surface area contributed by atoms with E-state index in [1.54, 1.807) is 48.5 Å². The van der Waals surface area contributed by atoms with Crippen molar-refractivity contribution in [3.63, 3.8) is 0 Å². The van der Waals surface area contributed by atoms with Crippen molar-refractivity contribution in [1.29, 1.82) is 0 Å². The van der Waals surface area contributed by atoms with Gasteiger partial charge in [0.05, 0.1) is 18.4 Å². The molecule has 1 atom stereocenters. The highest BCUT2D eigenvalue weighted by molar-refractivity contribution is 5.98. The largest absolute Gasteiger partial charge is 0.495 e. The van der Waals surface area contributed by atoms with Gasteiger partial charge in [0.2, 0.25) is 0 Å². The molecule has 0 bridgehead atoms. The van der Waals surface area contributed by atoms with Crippen LogP contribution in [0.15, 0.2) is 72.8 Å². The number of para-hydroxylation sites is 2. The van der Waals surface area contributed by atoms with E-state index in [0.29, 0.717) is 29.4 Å². The number of benzene rings is 3. The molecular formula is C25H25NO5. The minimum atomic E-state index is -0.991. The molecule has 31 heavy (non-hydrogen) atoms. The Morgan fingerprint density at radius 1 is 0.968 bits per heavy atom. The van der Waals surface area contributed by atoms with Crippen LogP contribution in [-0.2, 0) is 16.1 Å². The Labute approximate surface area is 181 Å². The van der Waals surface area contributed by atoms with E-state index in [-0.39, 0.29) is 0 Å². The molecule has 0 saturated carbocycles. The van der Waals surface area contributed by atoms with Gasteiger partial charge in [-0.05, 0) is 49.7 Å². The van der Waals surface area contributed by atoms with Crippen molar-refractivity contribution in [3.05, 3.63) is 89.5 Å². The molecular weight excluding hydrogens is 394 g/mol. The number of aryl methyl sites for hydroxylation is 1. The normalized spacial score (nSPS) is 11.3. The Morgan fingerprint density at radius 3 is 2.52 bits per heavy atom. The minimum Gasteiger partial charge on any atom is -0.495 e. The Balaban J connectivity index is 1.59. The van der Waals surface area contributed by atoms with Crippen LogP contribution in [-0.4, -0.2) is 25.1 Å². The molecule has 160 valence electrons. The molecule has 0 spiro atoms. The summed E-state index contributed by atoms with van der Waals surface area (Å²) in [5.74, 6) is 0.00306. The average Bonchev–Trinajstić information content (AvgIpc) is 2.78. The third-order valence-electron chi connectivity index (χ3n) is 4.58. The highest BCUT2D eigenvalue weighted by Gasteiger charge is 2.20. The van der Waals surface area contributed by atoms with Gasteiger partial charge >= 0.3 is 5.97 Å². The summed E-state index contributed by atoms with van der Waals surface area (Å²) in [5, 5.41) is 2.71. The fourth-order valence-corrected chi connectivity index (χ4v) is 2.95. The van der Waals surface area contributed by atoms with E-state index in [0.717, 1.165) is 11.1 Å². The lowest BCUT2D eigenvalue weighted by Crippen LogP contribution is -2.30. The number of amides is 1. The molecule has 6 heteroatoms. The van der Waals surface area contributed by atoms with Crippen LogP contribution >= 0.6 is 0 Å². The quantitative estimate of drug-likeness (QED) is 0.533. The summed E-state index contributed by atoms with van der Waals surface area (Å²) in [6.07, 6.45) is -0.991. The number of esters is 1. The summed E-state index contributed by atoms with van der Waals surface area (Å²) in [6.45, 7) is 3.92. The molecule has 3 rings (SSSR count). The molecule has 3 aromatic rings. The Morgan fingerprint density at radius 2 is 1.74 bits per heavy atom. The van der Waals surface area contributed by atoms with Gasteiger partial charge in [0.15, 0.2) is 6.10 Å². The number of methoxy groups -OCH3 is 1. The maximum Gasteiger partial charge on any atom is 0.339 e. The molecule has 0 radical (unpaired) electrons. The number of anilines is 1. The maximum atomic E-state index is 12.5. The molecule has 0 aliphatic rings. The second kappa shape index (κ2) is 10.3. The molecule has 0 aromatic heterocycles. The van der Waals surface area contributed by atoms with Gasteiger partial charge in [-0.1, -0.05) is 48.0 Å². The van der Waals surface area contributed by atoms with Gasteiger partial charge in [0.1, 0.15) is 18.1 Å². The van der Waals surface area contributed by atoms with Gasteiger partial charge in [-0.15, -0.1) is 0 Å². The van der Waals surface area contributed by atoms with Crippen molar-refractivity contribution in [2.24, 2.45) is 0 Å². The number of nitrogens with one attached hydrogen (secondary N) is 1. The van der Waals surface area contributed by atoms with Gasteiger partial charge < -0.3 is 19.5 Å². The van der Waals surface area contributed by atoms with E-state index in [9.17, 15) is 9.59 Å². The molecule has 1 N–H and O–H groups in total. The summed E-state index contributed by atoms with van der Waals surface area (Å²) in [4.78, 5) is 25.0. The van der Waals surface area contributed by atoms with Gasteiger partial charge in [-0.2, -0.15) is 0 Å². The monoisotopic (exact) mass is 419 g/mol. The summed E-state index contributed by atoms with van der Waals surface area (Å²) < 4.78 is 16.3. The third kappa shape index (κ3) is 6.09. The van der Waals surface area contributed by atoms with Crippen molar-refractivity contribution >= 4 is 17.6 Å². The first-order valence-corrected chi connectivity index (χ1v) is 9.89. The zero-order valence-electron chi connectivity index (χ0n) is 17.8. The molecule has 3 aromatic carbocycles. The van der Waals surface area contributed by atoms with E-state index in [4.69, 9.17) is 14.2 Å². The van der Waals surface area contributed by atoms with Crippen molar-refractivity contribution in [2.75, 3.05) is 12.4 Å². The first kappa shape index (κ1) is 21.9. The summed E-state index contributed by atoms with van der Waals surface area (Å²) >= 11 is 0. The van der Waals surface area contributed by atoms with Crippen LogP contribution in [0.3, 0.4) is 0 Å². The van der Waals surface area contributed by atoms with Crippen LogP contribution < -0.4 is 14.8 Å². The summed E-state index contributed by atoms with van der Waals surface area (Å²) in [5.41, 5.74) is 3.00. The number of hydrogen-bond acceptors (Lipinski definition) is 5. The Kier molecular flexibility index (Phi) is 7.27. The van der Waals surface area contributed by atoms with Crippen LogP contribution in [0.1, 0.15) is 28.4 Å². The number of carbonyl (C=O) groups is 2. The molecule has 0 saturated heterocycles. The van der Waals surface area contributed by atoms with Gasteiger partial charge in [0.25, 0.3) is 5.91 Å². The van der Waals surface area contributed by atoms with Gasteiger partial charge in [0, 0.05) is 0 Å². The number of hydrogen-bond donors (Lipinski definition) is 1. The van der Waals surface area contributed by atoms with Crippen LogP contribution in [0.2, 0.25) is 0 Å². The molecule has 0 fully saturated rings. The second-order valence-electron chi connectivity index (χ2n) is 7.04. The highest BCUT2D eigenvalue weighted by atomic mass is 16.5. The van der Waals surface area contributed by atoms with Gasteiger partial charge in [-0.3, -0.25) is 4.79 Å². The van der Waals surface area contributed by atoms with E-state index in [2.05, 4.69) is 5.32 Å². The second-order valence-corrected chi connectivity index (χ2v) is 7.04. The molecule has 0 aliphatic heterocycles. The van der Waals surface area contributed by atoms with Crippen molar-refractivity contribution in [1.82, 2.24) is 0 Å². The molecule has 6 nitrogen and oxygen atoms in total. The molecule has 1 amide bonds. The average molecular weight is 419 g/mol. The van der Waals surface area contributed by atoms with Crippen LogP contribution in [0, 0.1) is 6.92 Å². The lowest BCUT2D eigenvalue weighted by atomic mass is 10.1. The number of carbonyl (C=O) groups excluding carboxylic acids is 2. The fraction of sp³-hybridized carbons (Fsp3) is 0.200. The predicted octanol–water partition coefficient (Wildman–Crippen LogP) is 4.77. The van der Waals surface area contributed by atoms with E-state index in [1.165, 1.54) is 14.0 Å². The van der Waals surface area contributed by atoms with E-state index < -0.39 is 18.0 Å². The summed E-state index contributed by atoms with van der Waals surface area (Å²) in [7, 11) is 1.52. The first-order valence-electron chi connectivity index (χ1n) is 9.89. The van der Waals surface area contributed by atoms with Crippen LogP contribution in [0.4, 0.5) is 5.69 Å². The molecule has 0 aliphatic carbocycles. The van der Waals surface area contributed by atoms with E-state index >= 15 is 0 Å². The minimum absolute atomic E-state index is 0.304. The molecule has 1 unspecified atom stereocenters. The molecule has 0 heterocycles. The SMILES string of the molecule is COc1ccccc1NC(=O)C(C)OC(=O)c1cccc(OCc2cccc(C)c2)c1. The standard InChI is InChI=1S/C25H25NO5/c1-17-8-6-9-19(14-17)16-30-21-11-7-10-20(15-21)25(28)31-18(2)24(27)26-22-12-4-5-13-23(22)29-3/h4-15,18H,16H2,1-3H3,(H,26,27). The van der Waals surface area contributed by atoms with E-state index in [1.807, 2.05) is 31.2 Å². The zero-order valence-corrected chi connectivity index (χ0v) is 17.8. The maximum absolute atomic E-state index is 12.5. The number of rotatable bonds is 8. The topological polar surface area (TPSA) is 73.9 Å². The fourth-order valence-electron chi connectivity index (χ4n) is 2.95. The highest BCUT2D eigenvalue weighted by Crippen LogP contribution is 2.23. The van der Waals surface area contributed by atoms with Crippen molar-refractivity contribution < 1.29 is 23.8 Å². The smallest absolute Gasteiger partial charge is 0.339 e. The van der Waals surface area contributed by atoms with Crippen LogP contribution in [0.5, 0.6) is 11.5 Å². The van der Waals surface area contributed by atoms with Crippen molar-refractivity contribution in [3.8, 4) is 11.5 Å². The number of ether oxygens (including phenoxy) is 3. The summed E-state index contributed by atoms with van der Waals surface area (Å²) in [6, 6.07) is 21.7. The zero-order chi connectivity index (χ0) is 22.2. The van der Waals surface area contributed by atoms with Crippen LogP contribution in [0.25, 0.3) is 0 Å². The lowest BCUT2D eigenvalue weighted by molar-refractivity contribution is -0.123. The first-order chi connectivity index (χ1) is 15.0. The third-order valence-corrected chi connectivity index (χ3v) is 4.58.